The van der Waals surface area contributed by atoms with Crippen molar-refractivity contribution in [3.8, 4) is 0 Å². The van der Waals surface area contributed by atoms with E-state index in [9.17, 15) is 9.59 Å². The van der Waals surface area contributed by atoms with E-state index in [4.69, 9.17) is 11.6 Å². The fourth-order valence-corrected chi connectivity index (χ4v) is 3.81. The van der Waals surface area contributed by atoms with E-state index in [0.717, 1.165) is 43.9 Å². The molecule has 5 nitrogen and oxygen atoms in total. The van der Waals surface area contributed by atoms with Crippen molar-refractivity contribution in [2.45, 2.75) is 6.42 Å². The van der Waals surface area contributed by atoms with Crippen LogP contribution in [0, 0.1) is 0 Å². The number of nitrogens with zero attached hydrogens (tertiary/aromatic N) is 2. The number of carbonyl (C=O) groups excluding carboxylic acids is 2. The number of thiophene rings is 1. The van der Waals surface area contributed by atoms with E-state index in [1.165, 1.54) is 0 Å². The highest BCUT2D eigenvalue weighted by atomic mass is 35.5. The maximum absolute atomic E-state index is 12.3. The van der Waals surface area contributed by atoms with Crippen LogP contribution in [-0.2, 0) is 11.2 Å². The maximum atomic E-state index is 12.3. The Balaban J connectivity index is 1.36. The van der Waals surface area contributed by atoms with Crippen molar-refractivity contribution in [3.63, 3.8) is 0 Å². The van der Waals surface area contributed by atoms with Crippen molar-refractivity contribution in [3.05, 3.63) is 57.2 Å². The molecule has 1 aromatic heterocycles. The Labute approximate surface area is 162 Å². The molecule has 7 heteroatoms. The molecule has 138 valence electrons. The van der Waals surface area contributed by atoms with Crippen LogP contribution in [0.2, 0.25) is 5.02 Å². The molecule has 1 aliphatic heterocycles. The summed E-state index contributed by atoms with van der Waals surface area (Å²) in [6.45, 7) is 4.49. The molecule has 0 radical (unpaired) electrons. The lowest BCUT2D eigenvalue weighted by Crippen LogP contribution is -2.50. The first-order chi connectivity index (χ1) is 12.6. The summed E-state index contributed by atoms with van der Waals surface area (Å²) >= 11 is 7.62. The van der Waals surface area contributed by atoms with Gasteiger partial charge in [-0.3, -0.25) is 14.5 Å². The largest absolute Gasteiger partial charge is 0.355 e. The van der Waals surface area contributed by atoms with Crippen LogP contribution >= 0.6 is 22.9 Å². The van der Waals surface area contributed by atoms with E-state index in [1.807, 2.05) is 39.9 Å². The summed E-state index contributed by atoms with van der Waals surface area (Å²) in [4.78, 5) is 28.5. The molecule has 26 heavy (non-hydrogen) atoms. The van der Waals surface area contributed by atoms with E-state index in [0.29, 0.717) is 18.0 Å². The first-order valence-corrected chi connectivity index (χ1v) is 9.99. The monoisotopic (exact) mass is 391 g/mol. The van der Waals surface area contributed by atoms with E-state index < -0.39 is 0 Å². The number of hydrogen-bond donors (Lipinski definition) is 1. The minimum absolute atomic E-state index is 0.0237. The molecule has 0 unspecified atom stereocenters. The Morgan fingerprint density at radius 1 is 1.12 bits per heavy atom. The highest BCUT2D eigenvalue weighted by molar-refractivity contribution is 7.08. The molecule has 2 amide bonds. The molecule has 2 aromatic rings. The van der Waals surface area contributed by atoms with Gasteiger partial charge in [0, 0.05) is 49.7 Å². The van der Waals surface area contributed by atoms with Gasteiger partial charge in [-0.15, -0.1) is 0 Å². The van der Waals surface area contributed by atoms with Crippen molar-refractivity contribution in [1.29, 1.82) is 0 Å². The van der Waals surface area contributed by atoms with Crippen molar-refractivity contribution >= 4 is 34.8 Å². The van der Waals surface area contributed by atoms with Gasteiger partial charge in [-0.2, -0.15) is 11.3 Å². The molecule has 0 spiro atoms. The zero-order valence-corrected chi connectivity index (χ0v) is 16.1. The first-order valence-electron chi connectivity index (χ1n) is 8.67. The Hall–Kier alpha value is -1.89. The molecule has 0 bridgehead atoms. The zero-order chi connectivity index (χ0) is 18.4. The summed E-state index contributed by atoms with van der Waals surface area (Å²) in [5, 5.41) is 7.38. The molecule has 0 atom stereocenters. The average molecular weight is 392 g/mol. The number of rotatable bonds is 6. The normalized spacial score (nSPS) is 15.0. The highest BCUT2D eigenvalue weighted by Gasteiger charge is 2.22. The lowest BCUT2D eigenvalue weighted by Gasteiger charge is -2.34. The summed E-state index contributed by atoms with van der Waals surface area (Å²) < 4.78 is 0. The third-order valence-electron chi connectivity index (χ3n) is 4.49. The number of amides is 2. The molecule has 1 aromatic carbocycles. The molecular formula is C19H22ClN3O2S. The predicted octanol–water partition coefficient (Wildman–Crippen LogP) is 2.52. The molecule has 3 rings (SSSR count). The summed E-state index contributed by atoms with van der Waals surface area (Å²) in [5.41, 5.74) is 1.61. The molecule has 0 saturated carbocycles. The highest BCUT2D eigenvalue weighted by Crippen LogP contribution is 2.15. The average Bonchev–Trinajstić information content (AvgIpc) is 3.18. The number of benzene rings is 1. The van der Waals surface area contributed by atoms with Gasteiger partial charge in [-0.1, -0.05) is 29.8 Å². The minimum Gasteiger partial charge on any atom is -0.355 e. The summed E-state index contributed by atoms with van der Waals surface area (Å²) in [6.07, 6.45) is 0.294. The number of hydrogen-bond acceptors (Lipinski definition) is 4. The van der Waals surface area contributed by atoms with E-state index >= 15 is 0 Å². The van der Waals surface area contributed by atoms with Gasteiger partial charge < -0.3 is 10.2 Å². The van der Waals surface area contributed by atoms with Crippen LogP contribution in [0.25, 0.3) is 0 Å². The smallest absolute Gasteiger partial charge is 0.254 e. The molecular weight excluding hydrogens is 370 g/mol. The van der Waals surface area contributed by atoms with Crippen LogP contribution in [0.5, 0.6) is 0 Å². The molecule has 1 saturated heterocycles. The summed E-state index contributed by atoms with van der Waals surface area (Å²) in [5.74, 6) is 0.0864. The van der Waals surface area contributed by atoms with E-state index in [1.54, 1.807) is 17.4 Å². The van der Waals surface area contributed by atoms with Gasteiger partial charge in [0.05, 0.1) is 12.0 Å². The van der Waals surface area contributed by atoms with Gasteiger partial charge in [0.25, 0.3) is 5.91 Å². The fraction of sp³-hybridized carbons (Fsp3) is 0.368. The number of piperazine rings is 1. The van der Waals surface area contributed by atoms with E-state index in [-0.39, 0.29) is 11.8 Å². The Morgan fingerprint density at radius 2 is 1.88 bits per heavy atom. The quantitative estimate of drug-likeness (QED) is 0.823. The third kappa shape index (κ3) is 5.06. The van der Waals surface area contributed by atoms with Gasteiger partial charge in [0.1, 0.15) is 0 Å². The van der Waals surface area contributed by atoms with Gasteiger partial charge in [-0.25, -0.2) is 0 Å². The van der Waals surface area contributed by atoms with Gasteiger partial charge in [0.15, 0.2) is 0 Å². The van der Waals surface area contributed by atoms with Gasteiger partial charge in [0.2, 0.25) is 5.91 Å². The van der Waals surface area contributed by atoms with E-state index in [2.05, 4.69) is 10.2 Å². The second kappa shape index (κ2) is 9.16. The predicted molar refractivity (Wildman–Crippen MR) is 105 cm³/mol. The Bertz CT molecular complexity index is 743. The lowest BCUT2D eigenvalue weighted by atomic mass is 10.1. The summed E-state index contributed by atoms with van der Waals surface area (Å²) in [6, 6.07) is 9.26. The van der Waals surface area contributed by atoms with Crippen LogP contribution < -0.4 is 5.32 Å². The van der Waals surface area contributed by atoms with Crippen LogP contribution in [0.3, 0.4) is 0 Å². The van der Waals surface area contributed by atoms with Crippen LogP contribution in [0.15, 0.2) is 41.1 Å². The number of halogens is 1. The molecule has 0 aliphatic carbocycles. The molecule has 1 fully saturated rings. The SMILES string of the molecule is O=C(Cc1ccccc1Cl)NCCN1CCN(C(=O)c2ccsc2)CC1. The van der Waals surface area contributed by atoms with Crippen LogP contribution in [0.4, 0.5) is 0 Å². The topological polar surface area (TPSA) is 52.7 Å². The second-order valence-corrected chi connectivity index (χ2v) is 7.45. The molecule has 1 N–H and O–H groups in total. The van der Waals surface area contributed by atoms with Gasteiger partial charge in [-0.05, 0) is 23.1 Å². The minimum atomic E-state index is -0.0237. The van der Waals surface area contributed by atoms with Crippen molar-refractivity contribution in [1.82, 2.24) is 15.1 Å². The molecule has 1 aliphatic rings. The van der Waals surface area contributed by atoms with Crippen molar-refractivity contribution in [2.24, 2.45) is 0 Å². The van der Waals surface area contributed by atoms with Gasteiger partial charge >= 0.3 is 0 Å². The maximum Gasteiger partial charge on any atom is 0.254 e. The second-order valence-electron chi connectivity index (χ2n) is 6.26. The third-order valence-corrected chi connectivity index (χ3v) is 5.54. The Kier molecular flexibility index (Phi) is 6.66. The fourth-order valence-electron chi connectivity index (χ4n) is 2.97. The van der Waals surface area contributed by atoms with Crippen molar-refractivity contribution in [2.75, 3.05) is 39.3 Å². The number of carbonyl (C=O) groups is 2. The zero-order valence-electron chi connectivity index (χ0n) is 14.5. The molecule has 2 heterocycles. The number of nitrogens with one attached hydrogen (secondary N) is 1. The first kappa shape index (κ1) is 18.9. The lowest BCUT2D eigenvalue weighted by molar-refractivity contribution is -0.120. The van der Waals surface area contributed by atoms with Crippen LogP contribution in [-0.4, -0.2) is 60.9 Å². The standard InChI is InChI=1S/C19H22ClN3O2S/c20-17-4-2-1-3-15(17)13-18(24)21-6-7-22-8-10-23(11-9-22)19(25)16-5-12-26-14-16/h1-5,12,14H,6-11,13H2,(H,21,24). The Morgan fingerprint density at radius 3 is 2.58 bits per heavy atom. The van der Waals surface area contributed by atoms with Crippen LogP contribution in [0.1, 0.15) is 15.9 Å². The summed E-state index contributed by atoms with van der Waals surface area (Å²) in [7, 11) is 0. The van der Waals surface area contributed by atoms with Crippen molar-refractivity contribution < 1.29 is 9.59 Å².